The lowest BCUT2D eigenvalue weighted by Gasteiger charge is -2.24. The Labute approximate surface area is 103 Å². The SMILES string of the molecule is CCC1C[C@H](C(=O)N(CC)CC)[C@H](C(=O)O)C1. The molecule has 1 N–H and O–H groups in total. The second-order valence-electron chi connectivity index (χ2n) is 4.81. The summed E-state index contributed by atoms with van der Waals surface area (Å²) >= 11 is 0. The maximum absolute atomic E-state index is 12.2. The van der Waals surface area contributed by atoms with Crippen LogP contribution in [0.4, 0.5) is 0 Å². The monoisotopic (exact) mass is 241 g/mol. The lowest BCUT2D eigenvalue weighted by atomic mass is 9.95. The van der Waals surface area contributed by atoms with Crippen LogP contribution in [0.25, 0.3) is 0 Å². The summed E-state index contributed by atoms with van der Waals surface area (Å²) < 4.78 is 0. The molecule has 1 saturated carbocycles. The van der Waals surface area contributed by atoms with E-state index in [0.717, 1.165) is 12.8 Å². The quantitative estimate of drug-likeness (QED) is 0.800. The minimum Gasteiger partial charge on any atom is -0.481 e. The molecule has 0 bridgehead atoms. The third-order valence-corrected chi connectivity index (χ3v) is 3.95. The first-order valence-electron chi connectivity index (χ1n) is 6.56. The van der Waals surface area contributed by atoms with Gasteiger partial charge in [-0.2, -0.15) is 0 Å². The van der Waals surface area contributed by atoms with Crippen molar-refractivity contribution < 1.29 is 14.7 Å². The molecule has 17 heavy (non-hydrogen) atoms. The largest absolute Gasteiger partial charge is 0.481 e. The van der Waals surface area contributed by atoms with E-state index in [1.165, 1.54) is 0 Å². The fraction of sp³-hybridized carbons (Fsp3) is 0.846. The lowest BCUT2D eigenvalue weighted by Crippen LogP contribution is -2.39. The minimum atomic E-state index is -0.813. The van der Waals surface area contributed by atoms with Gasteiger partial charge in [-0.15, -0.1) is 0 Å². The van der Waals surface area contributed by atoms with Crippen LogP contribution in [0.3, 0.4) is 0 Å². The highest BCUT2D eigenvalue weighted by atomic mass is 16.4. The van der Waals surface area contributed by atoms with Crippen LogP contribution in [0.2, 0.25) is 0 Å². The molecule has 0 radical (unpaired) electrons. The van der Waals surface area contributed by atoms with Crippen molar-refractivity contribution in [2.24, 2.45) is 17.8 Å². The number of hydrogen-bond acceptors (Lipinski definition) is 2. The highest BCUT2D eigenvalue weighted by Crippen LogP contribution is 2.39. The molecular formula is C13H23NO3. The number of amides is 1. The van der Waals surface area contributed by atoms with E-state index in [4.69, 9.17) is 0 Å². The highest BCUT2D eigenvalue weighted by molar-refractivity contribution is 5.85. The van der Waals surface area contributed by atoms with Gasteiger partial charge in [-0.1, -0.05) is 13.3 Å². The van der Waals surface area contributed by atoms with Gasteiger partial charge in [-0.25, -0.2) is 0 Å². The first-order valence-corrected chi connectivity index (χ1v) is 6.56. The van der Waals surface area contributed by atoms with Crippen molar-refractivity contribution in [3.05, 3.63) is 0 Å². The van der Waals surface area contributed by atoms with E-state index < -0.39 is 11.9 Å². The molecule has 0 aromatic heterocycles. The first-order chi connectivity index (χ1) is 8.04. The summed E-state index contributed by atoms with van der Waals surface area (Å²) in [5, 5.41) is 9.20. The molecule has 0 aliphatic heterocycles. The maximum atomic E-state index is 12.2. The fourth-order valence-electron chi connectivity index (χ4n) is 2.79. The molecule has 3 atom stereocenters. The van der Waals surface area contributed by atoms with Gasteiger partial charge < -0.3 is 10.0 Å². The van der Waals surface area contributed by atoms with Gasteiger partial charge >= 0.3 is 5.97 Å². The third kappa shape index (κ3) is 2.99. The van der Waals surface area contributed by atoms with Crippen LogP contribution >= 0.6 is 0 Å². The average molecular weight is 241 g/mol. The van der Waals surface area contributed by atoms with Gasteiger partial charge in [-0.3, -0.25) is 9.59 Å². The Hall–Kier alpha value is -1.06. The zero-order valence-electron chi connectivity index (χ0n) is 11.0. The Morgan fingerprint density at radius 1 is 1.12 bits per heavy atom. The van der Waals surface area contributed by atoms with Gasteiger partial charge in [0.15, 0.2) is 0 Å². The topological polar surface area (TPSA) is 57.6 Å². The second kappa shape index (κ2) is 6.03. The molecule has 1 fully saturated rings. The van der Waals surface area contributed by atoms with Gasteiger partial charge in [-0.05, 0) is 32.6 Å². The number of carboxylic acids is 1. The molecule has 0 aromatic rings. The minimum absolute atomic E-state index is 0.0263. The molecule has 4 nitrogen and oxygen atoms in total. The van der Waals surface area contributed by atoms with Crippen LogP contribution < -0.4 is 0 Å². The number of carbonyl (C=O) groups is 2. The zero-order valence-corrected chi connectivity index (χ0v) is 11.0. The highest BCUT2D eigenvalue weighted by Gasteiger charge is 2.43. The predicted molar refractivity (Wildman–Crippen MR) is 65.6 cm³/mol. The molecule has 0 heterocycles. The maximum Gasteiger partial charge on any atom is 0.307 e. The number of nitrogens with zero attached hydrogens (tertiary/aromatic N) is 1. The van der Waals surface area contributed by atoms with Crippen molar-refractivity contribution in [1.82, 2.24) is 4.90 Å². The van der Waals surface area contributed by atoms with Crippen LogP contribution in [-0.4, -0.2) is 35.0 Å². The van der Waals surface area contributed by atoms with Gasteiger partial charge in [0.05, 0.1) is 11.8 Å². The van der Waals surface area contributed by atoms with Crippen molar-refractivity contribution in [2.75, 3.05) is 13.1 Å². The van der Waals surface area contributed by atoms with Crippen molar-refractivity contribution in [3.8, 4) is 0 Å². The number of carboxylic acid groups (broad SMARTS) is 1. The molecule has 0 saturated heterocycles. The van der Waals surface area contributed by atoms with E-state index >= 15 is 0 Å². The van der Waals surface area contributed by atoms with Crippen molar-refractivity contribution in [3.63, 3.8) is 0 Å². The van der Waals surface area contributed by atoms with E-state index in [0.29, 0.717) is 25.4 Å². The zero-order chi connectivity index (χ0) is 13.0. The molecule has 1 unspecified atom stereocenters. The number of rotatable bonds is 5. The summed E-state index contributed by atoms with van der Waals surface area (Å²) in [7, 11) is 0. The molecule has 4 heteroatoms. The number of carbonyl (C=O) groups excluding carboxylic acids is 1. The third-order valence-electron chi connectivity index (χ3n) is 3.95. The molecular weight excluding hydrogens is 218 g/mol. The Kier molecular flexibility index (Phi) is 4.97. The fourth-order valence-corrected chi connectivity index (χ4v) is 2.79. The van der Waals surface area contributed by atoms with Crippen LogP contribution in [0.1, 0.15) is 40.0 Å². The smallest absolute Gasteiger partial charge is 0.307 e. The Balaban J connectivity index is 2.79. The summed E-state index contributed by atoms with van der Waals surface area (Å²) in [5.41, 5.74) is 0. The van der Waals surface area contributed by atoms with Crippen molar-refractivity contribution in [2.45, 2.75) is 40.0 Å². The summed E-state index contributed by atoms with van der Waals surface area (Å²) in [6.45, 7) is 7.25. The van der Waals surface area contributed by atoms with E-state index in [2.05, 4.69) is 6.92 Å². The molecule has 1 aliphatic rings. The van der Waals surface area contributed by atoms with Gasteiger partial charge in [0, 0.05) is 13.1 Å². The summed E-state index contributed by atoms with van der Waals surface area (Å²) in [6.07, 6.45) is 2.36. The molecule has 98 valence electrons. The van der Waals surface area contributed by atoms with Gasteiger partial charge in [0.1, 0.15) is 0 Å². The molecule has 0 aromatic carbocycles. The van der Waals surface area contributed by atoms with Crippen LogP contribution in [-0.2, 0) is 9.59 Å². The number of aliphatic carboxylic acids is 1. The normalized spacial score (nSPS) is 28.1. The van der Waals surface area contributed by atoms with Crippen molar-refractivity contribution in [1.29, 1.82) is 0 Å². The molecule has 0 spiro atoms. The summed E-state index contributed by atoms with van der Waals surface area (Å²) in [4.78, 5) is 25.2. The van der Waals surface area contributed by atoms with Crippen LogP contribution in [0.5, 0.6) is 0 Å². The van der Waals surface area contributed by atoms with E-state index in [1.54, 1.807) is 4.90 Å². The van der Waals surface area contributed by atoms with Crippen molar-refractivity contribution >= 4 is 11.9 Å². The average Bonchev–Trinajstić information content (AvgIpc) is 2.74. The van der Waals surface area contributed by atoms with Crippen LogP contribution in [0, 0.1) is 17.8 Å². The van der Waals surface area contributed by atoms with E-state index in [1.807, 2.05) is 13.8 Å². The Morgan fingerprint density at radius 2 is 1.65 bits per heavy atom. The van der Waals surface area contributed by atoms with E-state index in [9.17, 15) is 14.7 Å². The first kappa shape index (κ1) is 14.0. The summed E-state index contributed by atoms with van der Waals surface area (Å²) in [6, 6.07) is 0. The second-order valence-corrected chi connectivity index (χ2v) is 4.81. The summed E-state index contributed by atoms with van der Waals surface area (Å²) in [5.74, 6) is -1.18. The Morgan fingerprint density at radius 3 is 2.06 bits per heavy atom. The van der Waals surface area contributed by atoms with E-state index in [-0.39, 0.29) is 11.8 Å². The van der Waals surface area contributed by atoms with Gasteiger partial charge in [0.25, 0.3) is 0 Å². The Bertz CT molecular complexity index is 286. The van der Waals surface area contributed by atoms with Gasteiger partial charge in [0.2, 0.25) is 5.91 Å². The molecule has 1 amide bonds. The molecule has 1 aliphatic carbocycles. The molecule has 1 rings (SSSR count). The predicted octanol–water partition coefficient (Wildman–Crippen LogP) is 1.99. The standard InChI is InChI=1S/C13H23NO3/c1-4-9-7-10(11(8-9)13(16)17)12(15)14(5-2)6-3/h9-11H,4-8H2,1-3H3,(H,16,17)/t9?,10-,11+/m0/s1. The van der Waals surface area contributed by atoms with Crippen LogP contribution in [0.15, 0.2) is 0 Å². The lowest BCUT2D eigenvalue weighted by molar-refractivity contribution is -0.149. The number of hydrogen-bond donors (Lipinski definition) is 1.